The Balaban J connectivity index is 1.96. The summed E-state index contributed by atoms with van der Waals surface area (Å²) in [6.07, 6.45) is 2.02. The lowest BCUT2D eigenvalue weighted by atomic mass is 10.2. The molecule has 1 aromatic carbocycles. The molecule has 0 aliphatic rings. The van der Waals surface area contributed by atoms with E-state index in [1.807, 2.05) is 18.2 Å². The topological polar surface area (TPSA) is 68.1 Å². The van der Waals surface area contributed by atoms with E-state index in [9.17, 15) is 9.59 Å². The highest BCUT2D eigenvalue weighted by atomic mass is 35.5. The number of carbonyl (C=O) groups is 2. The van der Waals surface area contributed by atoms with Crippen molar-refractivity contribution in [3.63, 3.8) is 0 Å². The molecule has 1 amide bonds. The Hall–Kier alpha value is -2.21. The summed E-state index contributed by atoms with van der Waals surface area (Å²) in [6, 6.07) is 7.33. The van der Waals surface area contributed by atoms with E-state index >= 15 is 0 Å². The van der Waals surface area contributed by atoms with Crippen molar-refractivity contribution in [3.8, 4) is 0 Å². The molecule has 0 fully saturated rings. The average molecular weight is 293 g/mol. The number of rotatable bonds is 5. The monoisotopic (exact) mass is 292 g/mol. The predicted octanol–water partition coefficient (Wildman–Crippen LogP) is 1.40. The molecule has 0 aliphatic heterocycles. The van der Waals surface area contributed by atoms with Crippen molar-refractivity contribution in [2.45, 2.75) is 13.1 Å². The highest BCUT2D eigenvalue weighted by Gasteiger charge is 2.11. The standard InChI is InChI=1S/C13H13ClN4O2/c1-17(6-10-3-2-4-11(14)5-10)13(20)8-18-7-12(9-19)15-16-18/h2-5,7,9H,6,8H2,1H3. The number of benzene rings is 1. The Labute approximate surface area is 120 Å². The van der Waals surface area contributed by atoms with E-state index in [0.29, 0.717) is 17.9 Å². The molecule has 0 atom stereocenters. The van der Waals surface area contributed by atoms with Gasteiger partial charge in [0, 0.05) is 18.6 Å². The molecule has 0 aliphatic carbocycles. The minimum atomic E-state index is -0.132. The van der Waals surface area contributed by atoms with Gasteiger partial charge in [0.25, 0.3) is 0 Å². The maximum atomic E-state index is 12.0. The van der Waals surface area contributed by atoms with E-state index in [0.717, 1.165) is 5.56 Å². The molecule has 0 radical (unpaired) electrons. The zero-order valence-corrected chi connectivity index (χ0v) is 11.6. The van der Waals surface area contributed by atoms with E-state index in [2.05, 4.69) is 10.3 Å². The van der Waals surface area contributed by atoms with E-state index in [1.54, 1.807) is 18.0 Å². The van der Waals surface area contributed by atoms with Gasteiger partial charge in [-0.1, -0.05) is 28.9 Å². The van der Waals surface area contributed by atoms with Crippen molar-refractivity contribution >= 4 is 23.8 Å². The van der Waals surface area contributed by atoms with Crippen LogP contribution in [0.15, 0.2) is 30.5 Å². The van der Waals surface area contributed by atoms with Gasteiger partial charge in [-0.15, -0.1) is 5.10 Å². The summed E-state index contributed by atoms with van der Waals surface area (Å²) in [7, 11) is 1.70. The van der Waals surface area contributed by atoms with Crippen molar-refractivity contribution in [2.24, 2.45) is 0 Å². The number of nitrogens with zero attached hydrogens (tertiary/aromatic N) is 4. The molecule has 0 bridgehead atoms. The molecule has 20 heavy (non-hydrogen) atoms. The fraction of sp³-hybridized carbons (Fsp3) is 0.231. The lowest BCUT2D eigenvalue weighted by Gasteiger charge is -2.17. The van der Waals surface area contributed by atoms with Crippen LogP contribution in [0.2, 0.25) is 5.02 Å². The number of aldehydes is 1. The molecule has 7 heteroatoms. The fourth-order valence-corrected chi connectivity index (χ4v) is 1.91. The van der Waals surface area contributed by atoms with Gasteiger partial charge >= 0.3 is 0 Å². The van der Waals surface area contributed by atoms with Gasteiger partial charge < -0.3 is 4.90 Å². The number of hydrogen-bond donors (Lipinski definition) is 0. The van der Waals surface area contributed by atoms with Crippen LogP contribution in [0.1, 0.15) is 16.1 Å². The highest BCUT2D eigenvalue weighted by molar-refractivity contribution is 6.30. The molecular formula is C13H13ClN4O2. The van der Waals surface area contributed by atoms with E-state index in [-0.39, 0.29) is 18.1 Å². The van der Waals surface area contributed by atoms with Crippen LogP contribution >= 0.6 is 11.6 Å². The third-order valence-corrected chi connectivity index (χ3v) is 2.94. The van der Waals surface area contributed by atoms with Crippen LogP contribution in [0.3, 0.4) is 0 Å². The molecule has 0 saturated carbocycles. The van der Waals surface area contributed by atoms with Gasteiger partial charge in [0.15, 0.2) is 6.29 Å². The van der Waals surface area contributed by atoms with Crippen LogP contribution in [-0.2, 0) is 17.9 Å². The Bertz CT molecular complexity index is 626. The van der Waals surface area contributed by atoms with Crippen LogP contribution in [0, 0.1) is 0 Å². The molecule has 1 heterocycles. The van der Waals surface area contributed by atoms with Crippen LogP contribution < -0.4 is 0 Å². The number of halogens is 1. The van der Waals surface area contributed by atoms with E-state index < -0.39 is 0 Å². The summed E-state index contributed by atoms with van der Waals surface area (Å²) in [4.78, 5) is 24.1. The second kappa shape index (κ2) is 6.29. The summed E-state index contributed by atoms with van der Waals surface area (Å²) < 4.78 is 1.33. The predicted molar refractivity (Wildman–Crippen MR) is 73.3 cm³/mol. The molecule has 0 N–H and O–H groups in total. The Morgan fingerprint density at radius 3 is 2.95 bits per heavy atom. The van der Waals surface area contributed by atoms with Crippen molar-refractivity contribution in [1.29, 1.82) is 0 Å². The molecule has 2 aromatic rings. The zero-order chi connectivity index (χ0) is 14.5. The summed E-state index contributed by atoms with van der Waals surface area (Å²) in [5.41, 5.74) is 1.15. The Morgan fingerprint density at radius 2 is 2.30 bits per heavy atom. The molecular weight excluding hydrogens is 280 g/mol. The lowest BCUT2D eigenvalue weighted by Crippen LogP contribution is -2.30. The number of amides is 1. The third kappa shape index (κ3) is 3.64. The van der Waals surface area contributed by atoms with E-state index in [4.69, 9.17) is 11.6 Å². The first-order valence-corrected chi connectivity index (χ1v) is 6.30. The molecule has 2 rings (SSSR count). The maximum Gasteiger partial charge on any atom is 0.244 e. The largest absolute Gasteiger partial charge is 0.340 e. The van der Waals surface area contributed by atoms with Crippen LogP contribution in [0.25, 0.3) is 0 Å². The second-order valence-corrected chi connectivity index (χ2v) is 4.77. The highest BCUT2D eigenvalue weighted by Crippen LogP contribution is 2.12. The van der Waals surface area contributed by atoms with Crippen LogP contribution in [0.4, 0.5) is 0 Å². The first kappa shape index (κ1) is 14.2. The van der Waals surface area contributed by atoms with E-state index in [1.165, 1.54) is 10.9 Å². The fourth-order valence-electron chi connectivity index (χ4n) is 1.70. The summed E-state index contributed by atoms with van der Waals surface area (Å²) in [6.45, 7) is 0.493. The van der Waals surface area contributed by atoms with Gasteiger partial charge in [-0.05, 0) is 17.7 Å². The first-order valence-electron chi connectivity index (χ1n) is 5.92. The summed E-state index contributed by atoms with van der Waals surface area (Å²) >= 11 is 5.90. The summed E-state index contributed by atoms with van der Waals surface area (Å²) in [5.74, 6) is -0.132. The quantitative estimate of drug-likeness (QED) is 0.781. The average Bonchev–Trinajstić information content (AvgIpc) is 2.86. The minimum absolute atomic E-state index is 0.0396. The molecule has 0 spiro atoms. The van der Waals surface area contributed by atoms with Crippen molar-refractivity contribution < 1.29 is 9.59 Å². The van der Waals surface area contributed by atoms with Gasteiger partial charge in [0.2, 0.25) is 5.91 Å². The zero-order valence-electron chi connectivity index (χ0n) is 10.9. The normalized spacial score (nSPS) is 10.3. The number of carbonyl (C=O) groups excluding carboxylic acids is 2. The lowest BCUT2D eigenvalue weighted by molar-refractivity contribution is -0.131. The molecule has 6 nitrogen and oxygen atoms in total. The number of likely N-dealkylation sites (N-methyl/N-ethyl adjacent to an activating group) is 1. The Kier molecular flexibility index (Phi) is 4.47. The first-order chi connectivity index (χ1) is 9.58. The molecule has 0 saturated heterocycles. The van der Waals surface area contributed by atoms with Crippen LogP contribution in [0.5, 0.6) is 0 Å². The van der Waals surface area contributed by atoms with Crippen molar-refractivity contribution in [1.82, 2.24) is 19.9 Å². The number of aromatic nitrogens is 3. The number of hydrogen-bond acceptors (Lipinski definition) is 4. The van der Waals surface area contributed by atoms with Gasteiger partial charge in [-0.2, -0.15) is 0 Å². The molecule has 0 unspecified atom stereocenters. The Morgan fingerprint density at radius 1 is 1.50 bits per heavy atom. The summed E-state index contributed by atoms with van der Waals surface area (Å²) in [5, 5.41) is 7.93. The molecule has 1 aromatic heterocycles. The second-order valence-electron chi connectivity index (χ2n) is 4.34. The van der Waals surface area contributed by atoms with Gasteiger partial charge in [-0.25, -0.2) is 4.68 Å². The van der Waals surface area contributed by atoms with Gasteiger partial charge in [0.05, 0.1) is 6.20 Å². The van der Waals surface area contributed by atoms with Gasteiger partial charge in [0.1, 0.15) is 12.2 Å². The maximum absolute atomic E-state index is 12.0. The third-order valence-electron chi connectivity index (χ3n) is 2.71. The SMILES string of the molecule is CN(Cc1cccc(Cl)c1)C(=O)Cn1cc(C=O)nn1. The molecule has 104 valence electrons. The smallest absolute Gasteiger partial charge is 0.244 e. The van der Waals surface area contributed by atoms with Gasteiger partial charge in [-0.3, -0.25) is 9.59 Å². The van der Waals surface area contributed by atoms with Crippen molar-refractivity contribution in [2.75, 3.05) is 7.05 Å². The van der Waals surface area contributed by atoms with Crippen molar-refractivity contribution in [3.05, 3.63) is 46.7 Å². The van der Waals surface area contributed by atoms with Crippen LogP contribution in [-0.4, -0.2) is 39.1 Å². The minimum Gasteiger partial charge on any atom is -0.340 e.